The Labute approximate surface area is 75.4 Å². The molecule has 0 aromatic carbocycles. The number of rotatable bonds is 5. The first-order chi connectivity index (χ1) is 5.54. The van der Waals surface area contributed by atoms with Crippen molar-refractivity contribution in [2.24, 2.45) is 5.73 Å². The topological polar surface area (TPSA) is 107 Å². The van der Waals surface area contributed by atoms with Crippen LogP contribution >= 0.6 is 12.2 Å². The van der Waals surface area contributed by atoms with Crippen LogP contribution in [0, 0.1) is 0 Å². The molecule has 0 aliphatic carbocycles. The van der Waals surface area contributed by atoms with Gasteiger partial charge in [-0.25, -0.2) is 0 Å². The monoisotopic (exact) mass is 195 g/mol. The van der Waals surface area contributed by atoms with E-state index < -0.39 is 31.0 Å². The molecule has 0 spiro atoms. The molecule has 0 unspecified atom stereocenters. The number of aliphatic hydroxyl groups is 4. The van der Waals surface area contributed by atoms with Crippen molar-refractivity contribution in [3.05, 3.63) is 0 Å². The fraction of sp³-hybridized carbons (Fsp3) is 0.833. The zero-order valence-electron chi connectivity index (χ0n) is 6.37. The molecule has 0 saturated heterocycles. The largest absolute Gasteiger partial charge is 0.394 e. The fourth-order valence-corrected chi connectivity index (χ4v) is 0.805. The lowest BCUT2D eigenvalue weighted by molar-refractivity contribution is -0.0770. The Bertz CT molecular complexity index is 146. The van der Waals surface area contributed by atoms with Crippen LogP contribution in [0.5, 0.6) is 0 Å². The summed E-state index contributed by atoms with van der Waals surface area (Å²) in [7, 11) is 0. The standard InChI is InChI=1S/C6H13NO4S/c7-3(2-12)5(10)6(11)4(9)1-8/h2-6,8-11H,1,7H2/t3-,4+,5+,6+/m1/s1. The van der Waals surface area contributed by atoms with E-state index >= 15 is 0 Å². The first kappa shape index (κ1) is 11.9. The summed E-state index contributed by atoms with van der Waals surface area (Å²) in [5.74, 6) is 0. The van der Waals surface area contributed by atoms with Gasteiger partial charge in [-0.2, -0.15) is 0 Å². The van der Waals surface area contributed by atoms with Crippen molar-refractivity contribution in [2.75, 3.05) is 6.61 Å². The summed E-state index contributed by atoms with van der Waals surface area (Å²) in [6, 6.07) is -0.892. The molecule has 0 fully saturated rings. The van der Waals surface area contributed by atoms with Crippen LogP contribution in [-0.2, 0) is 0 Å². The highest BCUT2D eigenvalue weighted by Gasteiger charge is 2.27. The molecular formula is C6H13NO4S. The van der Waals surface area contributed by atoms with Crippen LogP contribution in [0.25, 0.3) is 0 Å². The van der Waals surface area contributed by atoms with E-state index in [0.717, 1.165) is 5.37 Å². The minimum atomic E-state index is -1.48. The van der Waals surface area contributed by atoms with E-state index in [1.165, 1.54) is 0 Å². The molecule has 0 rings (SSSR count). The van der Waals surface area contributed by atoms with Gasteiger partial charge in [0.2, 0.25) is 0 Å². The number of aliphatic hydroxyl groups excluding tert-OH is 4. The van der Waals surface area contributed by atoms with Gasteiger partial charge in [-0.3, -0.25) is 0 Å². The average Bonchev–Trinajstić information content (AvgIpc) is 2.12. The lowest BCUT2D eigenvalue weighted by atomic mass is 10.0. The van der Waals surface area contributed by atoms with E-state index in [2.05, 4.69) is 12.2 Å². The lowest BCUT2D eigenvalue weighted by Crippen LogP contribution is -2.49. The molecule has 0 bridgehead atoms. The second-order valence-corrected chi connectivity index (χ2v) is 2.72. The molecule has 0 aromatic rings. The highest BCUT2D eigenvalue weighted by atomic mass is 32.1. The molecule has 0 heterocycles. The minimum absolute atomic E-state index is 0.637. The molecule has 0 radical (unpaired) electrons. The maximum atomic E-state index is 9.14. The molecule has 72 valence electrons. The average molecular weight is 195 g/mol. The number of hydrogen-bond acceptors (Lipinski definition) is 6. The van der Waals surface area contributed by atoms with Gasteiger partial charge in [-0.1, -0.05) is 12.2 Å². The molecule has 12 heavy (non-hydrogen) atoms. The van der Waals surface area contributed by atoms with E-state index in [1.54, 1.807) is 0 Å². The Kier molecular flexibility index (Phi) is 5.47. The Morgan fingerprint density at radius 1 is 1.25 bits per heavy atom. The van der Waals surface area contributed by atoms with Gasteiger partial charge in [0.15, 0.2) is 0 Å². The minimum Gasteiger partial charge on any atom is -0.394 e. The fourth-order valence-electron chi connectivity index (χ4n) is 0.644. The molecule has 0 amide bonds. The van der Waals surface area contributed by atoms with Crippen molar-refractivity contribution >= 4 is 17.6 Å². The van der Waals surface area contributed by atoms with Crippen molar-refractivity contribution in [2.45, 2.75) is 24.4 Å². The van der Waals surface area contributed by atoms with Crippen molar-refractivity contribution in [1.29, 1.82) is 0 Å². The van der Waals surface area contributed by atoms with E-state index in [1.807, 2.05) is 0 Å². The molecule has 6 N–H and O–H groups in total. The molecule has 5 nitrogen and oxygen atoms in total. The summed E-state index contributed by atoms with van der Waals surface area (Å²) in [5.41, 5.74) is 5.25. The first-order valence-electron chi connectivity index (χ1n) is 3.40. The molecule has 0 saturated carbocycles. The third-order valence-corrected chi connectivity index (χ3v) is 1.80. The summed E-state index contributed by atoms with van der Waals surface area (Å²) in [4.78, 5) is 0. The summed E-state index contributed by atoms with van der Waals surface area (Å²) < 4.78 is 0. The van der Waals surface area contributed by atoms with Gasteiger partial charge in [0.1, 0.15) is 18.3 Å². The Hall–Kier alpha value is -0.110. The van der Waals surface area contributed by atoms with E-state index in [9.17, 15) is 0 Å². The summed E-state index contributed by atoms with van der Waals surface area (Å²) >= 11 is 4.43. The van der Waals surface area contributed by atoms with Crippen molar-refractivity contribution in [1.82, 2.24) is 0 Å². The van der Waals surface area contributed by atoms with Crippen LogP contribution < -0.4 is 5.73 Å². The van der Waals surface area contributed by atoms with Crippen LogP contribution in [0.3, 0.4) is 0 Å². The SMILES string of the molecule is N[C@H](C=S)[C@H](O)[C@@H](O)[C@@H](O)CO. The van der Waals surface area contributed by atoms with Gasteiger partial charge in [-0.05, 0) is 5.37 Å². The highest BCUT2D eigenvalue weighted by Crippen LogP contribution is 2.02. The summed E-state index contributed by atoms with van der Waals surface area (Å²) in [6.07, 6.45) is -4.24. The lowest BCUT2D eigenvalue weighted by Gasteiger charge is -2.23. The smallest absolute Gasteiger partial charge is 0.110 e. The van der Waals surface area contributed by atoms with E-state index in [-0.39, 0.29) is 0 Å². The van der Waals surface area contributed by atoms with E-state index in [4.69, 9.17) is 26.2 Å². The normalized spacial score (nSPS) is 21.1. The maximum Gasteiger partial charge on any atom is 0.110 e. The predicted octanol–water partition coefficient (Wildman–Crippen LogP) is -2.61. The zero-order valence-corrected chi connectivity index (χ0v) is 7.18. The van der Waals surface area contributed by atoms with E-state index in [0.29, 0.717) is 0 Å². The second-order valence-electron chi connectivity index (χ2n) is 2.44. The highest BCUT2D eigenvalue weighted by molar-refractivity contribution is 7.79. The molecule has 0 aromatic heterocycles. The summed E-state index contributed by atoms with van der Waals surface area (Å²) in [5, 5.41) is 36.6. The van der Waals surface area contributed by atoms with Crippen LogP contribution in [0.15, 0.2) is 0 Å². The molecule has 6 heteroatoms. The van der Waals surface area contributed by atoms with Gasteiger partial charge in [0.05, 0.1) is 12.6 Å². The Morgan fingerprint density at radius 3 is 2.08 bits per heavy atom. The zero-order chi connectivity index (χ0) is 9.72. The van der Waals surface area contributed by atoms with Gasteiger partial charge < -0.3 is 26.2 Å². The second kappa shape index (κ2) is 5.52. The van der Waals surface area contributed by atoms with Crippen molar-refractivity contribution in [3.63, 3.8) is 0 Å². The van der Waals surface area contributed by atoms with Gasteiger partial charge in [0, 0.05) is 0 Å². The van der Waals surface area contributed by atoms with Crippen molar-refractivity contribution in [3.8, 4) is 0 Å². The predicted molar refractivity (Wildman–Crippen MR) is 46.7 cm³/mol. The number of nitrogens with two attached hydrogens (primary N) is 1. The molecule has 0 aliphatic heterocycles. The molecule has 4 atom stereocenters. The third kappa shape index (κ3) is 3.10. The molecule has 0 aliphatic rings. The Morgan fingerprint density at radius 2 is 1.75 bits per heavy atom. The molecular weight excluding hydrogens is 182 g/mol. The maximum absolute atomic E-state index is 9.14. The third-order valence-electron chi connectivity index (χ3n) is 1.48. The quantitative estimate of drug-likeness (QED) is 0.308. The summed E-state index contributed by atoms with van der Waals surface area (Å²) in [6.45, 7) is -0.637. The van der Waals surface area contributed by atoms with Crippen LogP contribution in [0.2, 0.25) is 0 Å². The van der Waals surface area contributed by atoms with Crippen LogP contribution in [0.4, 0.5) is 0 Å². The van der Waals surface area contributed by atoms with Crippen LogP contribution in [-0.4, -0.2) is 56.8 Å². The van der Waals surface area contributed by atoms with Gasteiger partial charge >= 0.3 is 0 Å². The van der Waals surface area contributed by atoms with Gasteiger partial charge in [-0.15, -0.1) is 0 Å². The Balaban J connectivity index is 4.07. The van der Waals surface area contributed by atoms with Gasteiger partial charge in [0.25, 0.3) is 0 Å². The number of thiocarbonyl (C=S) groups is 1. The van der Waals surface area contributed by atoms with Crippen LogP contribution in [0.1, 0.15) is 0 Å². The first-order valence-corrected chi connectivity index (χ1v) is 3.87. The number of hydrogen-bond donors (Lipinski definition) is 5. The van der Waals surface area contributed by atoms with Crippen molar-refractivity contribution < 1.29 is 20.4 Å².